The summed E-state index contributed by atoms with van der Waals surface area (Å²) < 4.78 is 7.64. The van der Waals surface area contributed by atoms with Crippen LogP contribution in [0.1, 0.15) is 11.1 Å². The smallest absolute Gasteiger partial charge is 0.196 e. The van der Waals surface area contributed by atoms with Crippen LogP contribution in [0.2, 0.25) is 0 Å². The maximum atomic E-state index is 5.46. The van der Waals surface area contributed by atoms with Crippen LogP contribution >= 0.6 is 11.8 Å². The summed E-state index contributed by atoms with van der Waals surface area (Å²) in [5.74, 6) is 1.91. The number of nitrogens with zero attached hydrogens (tertiary/aromatic N) is 3. The van der Waals surface area contributed by atoms with E-state index in [1.807, 2.05) is 0 Å². The van der Waals surface area contributed by atoms with E-state index >= 15 is 0 Å². The zero-order chi connectivity index (χ0) is 19.3. The Bertz CT molecular complexity index is 899. The lowest BCUT2D eigenvalue weighted by molar-refractivity contribution is -0.905. The molecule has 3 aromatic rings. The Morgan fingerprint density at radius 1 is 0.929 bits per heavy atom. The molecule has 1 fully saturated rings. The second-order valence-corrected chi connectivity index (χ2v) is 8.37. The minimum absolute atomic E-state index is 0.872. The Morgan fingerprint density at radius 2 is 1.57 bits per heavy atom. The molecule has 0 unspecified atom stereocenters. The van der Waals surface area contributed by atoms with Crippen LogP contribution in [-0.2, 0) is 4.74 Å². The van der Waals surface area contributed by atoms with Gasteiger partial charge in [0.25, 0.3) is 0 Å². The Labute approximate surface area is 170 Å². The third kappa shape index (κ3) is 4.46. The van der Waals surface area contributed by atoms with Gasteiger partial charge in [0.2, 0.25) is 0 Å². The highest BCUT2D eigenvalue weighted by molar-refractivity contribution is 7.99. The molecule has 1 saturated heterocycles. The van der Waals surface area contributed by atoms with Gasteiger partial charge >= 0.3 is 0 Å². The summed E-state index contributed by atoms with van der Waals surface area (Å²) in [5.41, 5.74) is 4.68. The number of ether oxygens (including phenoxy) is 1. The summed E-state index contributed by atoms with van der Waals surface area (Å²) >= 11 is 1.79. The molecule has 2 heterocycles. The highest BCUT2D eigenvalue weighted by Gasteiger charge is 2.18. The number of thioether (sulfide) groups is 1. The van der Waals surface area contributed by atoms with Crippen molar-refractivity contribution in [2.24, 2.45) is 0 Å². The number of nitrogens with one attached hydrogen (secondary N) is 1. The molecule has 5 nitrogen and oxygen atoms in total. The molecule has 0 amide bonds. The molecule has 1 aliphatic heterocycles. The van der Waals surface area contributed by atoms with E-state index in [0.29, 0.717) is 0 Å². The molecule has 1 aliphatic rings. The molecule has 4 rings (SSSR count). The highest BCUT2D eigenvalue weighted by atomic mass is 32.2. The molecule has 0 bridgehead atoms. The molecule has 0 atom stereocenters. The fourth-order valence-electron chi connectivity index (χ4n) is 3.38. The van der Waals surface area contributed by atoms with Crippen LogP contribution in [0.25, 0.3) is 17.1 Å². The molecule has 0 radical (unpaired) electrons. The molecule has 1 aromatic heterocycles. The molecular weight excluding hydrogens is 368 g/mol. The maximum Gasteiger partial charge on any atom is 0.196 e. The number of morpholine rings is 1. The van der Waals surface area contributed by atoms with Gasteiger partial charge in [-0.1, -0.05) is 59.3 Å². The van der Waals surface area contributed by atoms with E-state index in [1.54, 1.807) is 16.7 Å². The third-order valence-corrected chi connectivity index (χ3v) is 6.05. The second kappa shape index (κ2) is 8.90. The van der Waals surface area contributed by atoms with Crippen molar-refractivity contribution in [3.63, 3.8) is 0 Å². The average Bonchev–Trinajstić information content (AvgIpc) is 3.14. The number of rotatable bonds is 6. The topological polar surface area (TPSA) is 44.4 Å². The largest absolute Gasteiger partial charge is 0.370 e. The SMILES string of the molecule is Cc1ccc(-c2nnc(SCC[NH+]3CCOCC3)n2-c2ccc(C)cc2)cc1. The number of aromatic nitrogens is 3. The van der Waals surface area contributed by atoms with E-state index in [-0.39, 0.29) is 0 Å². The quantitative estimate of drug-likeness (QED) is 0.652. The third-order valence-electron chi connectivity index (χ3n) is 5.12. The van der Waals surface area contributed by atoms with Gasteiger partial charge in [0, 0.05) is 11.3 Å². The normalized spacial score (nSPS) is 15.1. The van der Waals surface area contributed by atoms with Crippen molar-refractivity contribution in [2.75, 3.05) is 38.6 Å². The number of hydrogen-bond acceptors (Lipinski definition) is 4. The Balaban J connectivity index is 1.60. The van der Waals surface area contributed by atoms with Crippen molar-refractivity contribution < 1.29 is 9.64 Å². The van der Waals surface area contributed by atoms with Gasteiger partial charge in [-0.05, 0) is 26.0 Å². The molecule has 0 aliphatic carbocycles. The molecular formula is C22H27N4OS+. The lowest BCUT2D eigenvalue weighted by atomic mass is 10.1. The molecule has 1 N–H and O–H groups in total. The van der Waals surface area contributed by atoms with Gasteiger partial charge in [-0.15, -0.1) is 10.2 Å². The van der Waals surface area contributed by atoms with Gasteiger partial charge in [0.05, 0.1) is 25.5 Å². The first-order valence-electron chi connectivity index (χ1n) is 9.84. The van der Waals surface area contributed by atoms with Crippen molar-refractivity contribution in [3.05, 3.63) is 59.7 Å². The molecule has 6 heteroatoms. The van der Waals surface area contributed by atoms with Gasteiger partial charge in [-0.2, -0.15) is 0 Å². The molecule has 0 spiro atoms. The van der Waals surface area contributed by atoms with Crippen LogP contribution in [0.15, 0.2) is 53.7 Å². The first kappa shape index (κ1) is 19.2. The molecule has 146 valence electrons. The van der Waals surface area contributed by atoms with Crippen LogP contribution in [0, 0.1) is 13.8 Å². The van der Waals surface area contributed by atoms with Gasteiger partial charge in [-0.3, -0.25) is 4.57 Å². The van der Waals surface area contributed by atoms with Crippen molar-refractivity contribution in [2.45, 2.75) is 19.0 Å². The summed E-state index contributed by atoms with van der Waals surface area (Å²) in [7, 11) is 0. The van der Waals surface area contributed by atoms with Crippen molar-refractivity contribution in [3.8, 4) is 17.1 Å². The van der Waals surface area contributed by atoms with E-state index in [0.717, 1.165) is 60.8 Å². The fraction of sp³-hybridized carbons (Fsp3) is 0.364. The van der Waals surface area contributed by atoms with Gasteiger partial charge < -0.3 is 9.64 Å². The van der Waals surface area contributed by atoms with E-state index in [4.69, 9.17) is 4.74 Å². The predicted molar refractivity (Wildman–Crippen MR) is 113 cm³/mol. The number of quaternary nitrogens is 1. The van der Waals surface area contributed by atoms with Crippen molar-refractivity contribution in [1.29, 1.82) is 0 Å². The summed E-state index contributed by atoms with van der Waals surface area (Å²) in [6, 6.07) is 17.1. The van der Waals surface area contributed by atoms with Gasteiger partial charge in [-0.25, -0.2) is 0 Å². The summed E-state index contributed by atoms with van der Waals surface area (Å²) in [5, 5.41) is 10.0. The Hall–Kier alpha value is -2.15. The van der Waals surface area contributed by atoms with Crippen molar-refractivity contribution in [1.82, 2.24) is 14.8 Å². The monoisotopic (exact) mass is 395 g/mol. The number of benzene rings is 2. The van der Waals surface area contributed by atoms with Gasteiger partial charge in [0.1, 0.15) is 13.1 Å². The lowest BCUT2D eigenvalue weighted by Gasteiger charge is -2.23. The van der Waals surface area contributed by atoms with Crippen LogP contribution in [-0.4, -0.2) is 53.4 Å². The highest BCUT2D eigenvalue weighted by Crippen LogP contribution is 2.28. The zero-order valence-electron chi connectivity index (χ0n) is 16.5. The molecule has 28 heavy (non-hydrogen) atoms. The predicted octanol–water partition coefficient (Wildman–Crippen LogP) is 2.56. The van der Waals surface area contributed by atoms with Crippen molar-refractivity contribution >= 4 is 11.8 Å². The van der Waals surface area contributed by atoms with E-state index in [2.05, 4.69) is 77.1 Å². The Morgan fingerprint density at radius 3 is 2.25 bits per heavy atom. The molecule has 2 aromatic carbocycles. The lowest BCUT2D eigenvalue weighted by Crippen LogP contribution is -3.14. The van der Waals surface area contributed by atoms with E-state index < -0.39 is 0 Å². The summed E-state index contributed by atoms with van der Waals surface area (Å²) in [6.45, 7) is 9.27. The van der Waals surface area contributed by atoms with Crippen LogP contribution in [0.5, 0.6) is 0 Å². The standard InChI is InChI=1S/C22H26N4OS/c1-17-3-7-19(8-4-17)21-23-24-22(26(21)20-9-5-18(2)6-10-20)28-16-13-25-11-14-27-15-12-25/h3-10H,11-16H2,1-2H3/p+1. The van der Waals surface area contributed by atoms with E-state index in [9.17, 15) is 0 Å². The first-order valence-corrected chi connectivity index (χ1v) is 10.8. The second-order valence-electron chi connectivity index (χ2n) is 7.30. The average molecular weight is 396 g/mol. The Kier molecular flexibility index (Phi) is 6.10. The number of aryl methyl sites for hydroxylation is 2. The van der Waals surface area contributed by atoms with Crippen LogP contribution < -0.4 is 4.90 Å². The van der Waals surface area contributed by atoms with Crippen LogP contribution in [0.4, 0.5) is 0 Å². The number of hydrogen-bond donors (Lipinski definition) is 1. The molecule has 0 saturated carbocycles. The minimum atomic E-state index is 0.872. The minimum Gasteiger partial charge on any atom is -0.370 e. The zero-order valence-corrected chi connectivity index (χ0v) is 17.3. The summed E-state index contributed by atoms with van der Waals surface area (Å²) in [6.07, 6.45) is 0. The summed E-state index contributed by atoms with van der Waals surface area (Å²) in [4.78, 5) is 1.61. The van der Waals surface area contributed by atoms with E-state index in [1.165, 1.54) is 11.1 Å². The fourth-order valence-corrected chi connectivity index (χ4v) is 4.37. The maximum absolute atomic E-state index is 5.46. The first-order chi connectivity index (χ1) is 13.7. The van der Waals surface area contributed by atoms with Gasteiger partial charge in [0.15, 0.2) is 11.0 Å². The van der Waals surface area contributed by atoms with Crippen LogP contribution in [0.3, 0.4) is 0 Å².